The predicted molar refractivity (Wildman–Crippen MR) is 76.7 cm³/mol. The molecule has 4 rings (SSSR count). The van der Waals surface area contributed by atoms with Crippen LogP contribution in [-0.2, 0) is 25.8 Å². The quantitative estimate of drug-likeness (QED) is 0.246. The molecule has 1 fully saturated rings. The fourth-order valence-electron chi connectivity index (χ4n) is 2.31. The first kappa shape index (κ1) is 20.2. The van der Waals surface area contributed by atoms with Crippen molar-refractivity contribution in [1.82, 2.24) is 0 Å². The number of benzene rings is 1. The molecule has 2 aliphatic rings. The van der Waals surface area contributed by atoms with Gasteiger partial charge in [0.2, 0.25) is 0 Å². The van der Waals surface area contributed by atoms with Crippen molar-refractivity contribution in [3.63, 3.8) is 0 Å². The molecule has 4 heteroatoms. The maximum Gasteiger partial charge on any atom is 4.00 e. The second-order valence-corrected chi connectivity index (χ2v) is 6.63. The minimum Gasteiger partial charge on any atom is -1.00 e. The summed E-state index contributed by atoms with van der Waals surface area (Å²) >= 11 is 0. The van der Waals surface area contributed by atoms with E-state index in [4.69, 9.17) is 0 Å². The smallest absolute Gasteiger partial charge is 1.00 e. The minimum atomic E-state index is 0. The van der Waals surface area contributed by atoms with E-state index in [1.807, 2.05) is 0 Å². The van der Waals surface area contributed by atoms with Crippen molar-refractivity contribution in [3.05, 3.63) is 65.5 Å². The first-order valence-electron chi connectivity index (χ1n) is 5.96. The van der Waals surface area contributed by atoms with E-state index in [9.17, 15) is 0 Å². The Morgan fingerprint density at radius 3 is 2.50 bits per heavy atom. The standard InChI is InChI=1S/C9H7.C7H8P.2ClH.Hf/c1-2-5-9-7-3-6-8(9)4-1;1-8-5-6-3-2-4-7(6)8;;;/h1-7H;3H,2,5H2,1H3;2*1H;/q2*-1;;;+4/p-2. The third-order valence-corrected chi connectivity index (χ3v) is 5.28. The van der Waals surface area contributed by atoms with Gasteiger partial charge in [-0.25, -0.2) is 0 Å². The number of allylic oxidation sites excluding steroid dienone is 4. The summed E-state index contributed by atoms with van der Waals surface area (Å²) in [6, 6.07) is 14.7. The Hall–Kier alpha value is 0.190. The van der Waals surface area contributed by atoms with Crippen LogP contribution in [0.25, 0.3) is 10.8 Å². The monoisotopic (exact) mass is 488 g/mol. The molecule has 2 aromatic rings. The second-order valence-electron chi connectivity index (χ2n) is 4.47. The number of hydrogen-bond acceptors (Lipinski definition) is 0. The fraction of sp³-hybridized carbons (Fsp3) is 0.188. The molecule has 0 bridgehead atoms. The van der Waals surface area contributed by atoms with Gasteiger partial charge in [-0.05, 0) is 6.66 Å². The largest absolute Gasteiger partial charge is 4.00 e. The van der Waals surface area contributed by atoms with Crippen molar-refractivity contribution in [2.24, 2.45) is 0 Å². The van der Waals surface area contributed by atoms with Crippen LogP contribution in [0.5, 0.6) is 0 Å². The molecule has 0 N–H and O–H groups in total. The van der Waals surface area contributed by atoms with Crippen molar-refractivity contribution in [1.29, 1.82) is 0 Å². The van der Waals surface area contributed by atoms with Gasteiger partial charge in [0, 0.05) is 0 Å². The van der Waals surface area contributed by atoms with Crippen LogP contribution < -0.4 is 24.8 Å². The molecule has 20 heavy (non-hydrogen) atoms. The Morgan fingerprint density at radius 2 is 1.90 bits per heavy atom. The topological polar surface area (TPSA) is 0 Å². The summed E-state index contributed by atoms with van der Waals surface area (Å²) in [5.41, 5.74) is 1.60. The Kier molecular flexibility index (Phi) is 9.35. The Morgan fingerprint density at radius 1 is 1.15 bits per heavy atom. The van der Waals surface area contributed by atoms with E-state index in [2.05, 4.69) is 61.3 Å². The molecule has 0 saturated carbocycles. The number of hydrogen-bond donors (Lipinski definition) is 0. The normalized spacial score (nSPS) is 17.8. The van der Waals surface area contributed by atoms with Crippen LogP contribution in [0.4, 0.5) is 0 Å². The molecule has 1 unspecified atom stereocenters. The van der Waals surface area contributed by atoms with Crippen molar-refractivity contribution < 1.29 is 50.7 Å². The number of halogens is 2. The molecule has 0 amide bonds. The average Bonchev–Trinajstić information content (AvgIpc) is 2.94. The van der Waals surface area contributed by atoms with Crippen LogP contribution >= 0.6 is 7.92 Å². The van der Waals surface area contributed by atoms with Crippen molar-refractivity contribution in [2.75, 3.05) is 12.8 Å². The van der Waals surface area contributed by atoms with Crippen molar-refractivity contribution in [3.8, 4) is 0 Å². The fourth-order valence-corrected chi connectivity index (χ4v) is 4.02. The van der Waals surface area contributed by atoms with Gasteiger partial charge in [-0.15, -0.1) is 44.0 Å². The molecule has 0 radical (unpaired) electrons. The SMILES string of the molecule is CP1CC2=CC[C-]=C21.[Cl-].[Cl-].[Hf+4].c1ccc2[cH-]ccc2c1. The molecule has 1 saturated heterocycles. The predicted octanol–water partition coefficient (Wildman–Crippen LogP) is -1.31. The van der Waals surface area contributed by atoms with Gasteiger partial charge >= 0.3 is 25.8 Å². The van der Waals surface area contributed by atoms with Crippen LogP contribution in [0.1, 0.15) is 6.42 Å². The maximum atomic E-state index is 3.36. The average molecular weight is 488 g/mol. The molecular formula is C16H15Cl2HfP. The number of fused-ring (bicyclic) bond motifs is 2. The molecule has 102 valence electrons. The first-order valence-corrected chi connectivity index (χ1v) is 7.94. The number of rotatable bonds is 0. The van der Waals surface area contributed by atoms with Gasteiger partial charge in [-0.1, -0.05) is 12.2 Å². The van der Waals surface area contributed by atoms with Gasteiger partial charge < -0.3 is 24.8 Å². The van der Waals surface area contributed by atoms with E-state index in [0.29, 0.717) is 0 Å². The van der Waals surface area contributed by atoms with Gasteiger partial charge in [0.25, 0.3) is 0 Å². The zero-order chi connectivity index (χ0) is 11.7. The second kappa shape index (κ2) is 9.26. The van der Waals surface area contributed by atoms with Gasteiger partial charge in [0.05, 0.1) is 0 Å². The molecular weight excluding hydrogens is 473 g/mol. The summed E-state index contributed by atoms with van der Waals surface area (Å²) < 4.78 is 0. The minimum absolute atomic E-state index is 0. The first-order chi connectivity index (χ1) is 8.34. The summed E-state index contributed by atoms with van der Waals surface area (Å²) in [7, 11) is 0.279. The molecule has 2 aromatic carbocycles. The molecule has 0 spiro atoms. The molecule has 1 atom stereocenters. The van der Waals surface area contributed by atoms with Gasteiger partial charge in [-0.2, -0.15) is 34.5 Å². The zero-order valence-corrected chi connectivity index (χ0v) is 17.2. The van der Waals surface area contributed by atoms with Crippen molar-refractivity contribution >= 4 is 18.7 Å². The summed E-state index contributed by atoms with van der Waals surface area (Å²) in [6.07, 6.45) is 8.13. The summed E-state index contributed by atoms with van der Waals surface area (Å²) in [5, 5.41) is 4.23. The third-order valence-electron chi connectivity index (χ3n) is 3.26. The van der Waals surface area contributed by atoms with Crippen LogP contribution in [-0.4, -0.2) is 12.8 Å². The van der Waals surface area contributed by atoms with E-state index in [1.54, 1.807) is 10.9 Å². The Bertz CT molecular complexity index is 571. The zero-order valence-electron chi connectivity index (χ0n) is 11.2. The van der Waals surface area contributed by atoms with Crippen LogP contribution in [0.15, 0.2) is 59.4 Å². The molecule has 1 aliphatic heterocycles. The van der Waals surface area contributed by atoms with Gasteiger partial charge in [-0.3, -0.25) is 6.08 Å². The molecule has 1 aliphatic carbocycles. The molecule has 0 nitrogen and oxygen atoms in total. The van der Waals surface area contributed by atoms with E-state index < -0.39 is 0 Å². The van der Waals surface area contributed by atoms with E-state index in [0.717, 1.165) is 6.42 Å². The van der Waals surface area contributed by atoms with E-state index in [-0.39, 0.29) is 58.6 Å². The third kappa shape index (κ3) is 4.34. The van der Waals surface area contributed by atoms with Crippen LogP contribution in [0, 0.1) is 6.08 Å². The van der Waals surface area contributed by atoms with Crippen LogP contribution in [0.2, 0.25) is 0 Å². The van der Waals surface area contributed by atoms with Gasteiger partial charge in [0.1, 0.15) is 0 Å². The van der Waals surface area contributed by atoms with Gasteiger partial charge in [0.15, 0.2) is 0 Å². The summed E-state index contributed by atoms with van der Waals surface area (Å²) in [5.74, 6) is 0. The Balaban J connectivity index is 0.000000315. The summed E-state index contributed by atoms with van der Waals surface area (Å²) in [4.78, 5) is 0. The molecule has 1 heterocycles. The maximum absolute atomic E-state index is 3.36. The van der Waals surface area contributed by atoms with E-state index in [1.165, 1.54) is 16.9 Å². The summed E-state index contributed by atoms with van der Waals surface area (Å²) in [6.45, 7) is 2.33. The van der Waals surface area contributed by atoms with Crippen LogP contribution in [0.3, 0.4) is 0 Å². The van der Waals surface area contributed by atoms with E-state index >= 15 is 0 Å². The van der Waals surface area contributed by atoms with Crippen molar-refractivity contribution in [2.45, 2.75) is 6.42 Å². The Labute approximate surface area is 153 Å². The molecule has 0 aromatic heterocycles.